The highest BCUT2D eigenvalue weighted by molar-refractivity contribution is 7.99. The maximum atomic E-state index is 5.98. The molecule has 5 nitrogen and oxygen atoms in total. The first-order valence-electron chi connectivity index (χ1n) is 7.20. The minimum absolute atomic E-state index is 0.210. The number of hydrogen-bond donors (Lipinski definition) is 0. The third kappa shape index (κ3) is 3.00. The van der Waals surface area contributed by atoms with Crippen LogP contribution in [-0.4, -0.2) is 27.1 Å². The Hall–Kier alpha value is -1.69. The lowest BCUT2D eigenvalue weighted by Crippen LogP contribution is -2.24. The van der Waals surface area contributed by atoms with E-state index in [-0.39, 0.29) is 6.10 Å². The van der Waals surface area contributed by atoms with Crippen LogP contribution >= 0.6 is 11.8 Å². The Bertz CT molecular complexity index is 615. The Kier molecular flexibility index (Phi) is 4.34. The van der Waals surface area contributed by atoms with Crippen LogP contribution in [0.5, 0.6) is 11.5 Å². The number of hydrogen-bond acceptors (Lipinski definition) is 5. The number of thioether (sulfide) groups is 1. The molecule has 0 spiro atoms. The number of unbranched alkanes of at least 4 members (excludes halogenated alkanes) is 1. The molecule has 0 fully saturated rings. The zero-order chi connectivity index (χ0) is 14.7. The molecule has 3 rings (SSSR count). The molecule has 1 aliphatic rings. The number of ether oxygens (including phenoxy) is 2. The summed E-state index contributed by atoms with van der Waals surface area (Å²) in [5.41, 5.74) is 0. The standard InChI is InChI=1S/C15H19N3O2S/c1-3-4-9-21-15-17-16-14(18(15)2)13-10-19-11-7-5-6-8-12(11)20-13/h5-8,13H,3-4,9-10H2,1-2H3. The molecule has 1 atom stereocenters. The highest BCUT2D eigenvalue weighted by atomic mass is 32.2. The van der Waals surface area contributed by atoms with Gasteiger partial charge in [0.1, 0.15) is 6.61 Å². The molecule has 112 valence electrons. The van der Waals surface area contributed by atoms with Crippen molar-refractivity contribution < 1.29 is 9.47 Å². The van der Waals surface area contributed by atoms with Crippen molar-refractivity contribution in [2.75, 3.05) is 12.4 Å². The molecule has 0 N–H and O–H groups in total. The second kappa shape index (κ2) is 6.39. The van der Waals surface area contributed by atoms with Crippen LogP contribution in [-0.2, 0) is 7.05 Å². The van der Waals surface area contributed by atoms with Crippen LogP contribution in [0.15, 0.2) is 29.4 Å². The van der Waals surface area contributed by atoms with Gasteiger partial charge >= 0.3 is 0 Å². The first-order chi connectivity index (χ1) is 10.3. The van der Waals surface area contributed by atoms with Gasteiger partial charge in [-0.1, -0.05) is 37.2 Å². The molecule has 2 aromatic rings. The van der Waals surface area contributed by atoms with Crippen molar-refractivity contribution in [1.82, 2.24) is 14.8 Å². The minimum atomic E-state index is -0.210. The van der Waals surface area contributed by atoms with E-state index in [1.807, 2.05) is 35.9 Å². The zero-order valence-corrected chi connectivity index (χ0v) is 13.1. The minimum Gasteiger partial charge on any atom is -0.485 e. The van der Waals surface area contributed by atoms with Crippen molar-refractivity contribution in [3.05, 3.63) is 30.1 Å². The van der Waals surface area contributed by atoms with Crippen LogP contribution in [0.2, 0.25) is 0 Å². The molecule has 1 aromatic heterocycles. The van der Waals surface area contributed by atoms with Crippen LogP contribution in [0, 0.1) is 0 Å². The predicted octanol–water partition coefficient (Wildman–Crippen LogP) is 3.22. The Labute approximate surface area is 128 Å². The molecule has 0 amide bonds. The summed E-state index contributed by atoms with van der Waals surface area (Å²) in [5.74, 6) is 3.42. The Morgan fingerprint density at radius 1 is 1.29 bits per heavy atom. The summed E-state index contributed by atoms with van der Waals surface area (Å²) < 4.78 is 13.7. The van der Waals surface area contributed by atoms with Gasteiger partial charge in [0.25, 0.3) is 0 Å². The van der Waals surface area contributed by atoms with Gasteiger partial charge in [-0.05, 0) is 18.6 Å². The summed E-state index contributed by atoms with van der Waals surface area (Å²) in [6, 6.07) is 7.70. The lowest BCUT2D eigenvalue weighted by molar-refractivity contribution is 0.0825. The molecule has 0 bridgehead atoms. The number of nitrogens with zero attached hydrogens (tertiary/aromatic N) is 3. The summed E-state index contributed by atoms with van der Waals surface area (Å²) in [4.78, 5) is 0. The van der Waals surface area contributed by atoms with Gasteiger partial charge in [0.15, 0.2) is 28.6 Å². The second-order valence-electron chi connectivity index (χ2n) is 4.97. The fourth-order valence-electron chi connectivity index (χ4n) is 2.19. The monoisotopic (exact) mass is 305 g/mol. The summed E-state index contributed by atoms with van der Waals surface area (Å²) >= 11 is 1.74. The van der Waals surface area contributed by atoms with Gasteiger partial charge in [-0.3, -0.25) is 0 Å². The van der Waals surface area contributed by atoms with Crippen molar-refractivity contribution >= 4 is 11.8 Å². The number of fused-ring (bicyclic) bond motifs is 1. The van der Waals surface area contributed by atoms with Gasteiger partial charge in [-0.2, -0.15) is 0 Å². The number of para-hydroxylation sites is 2. The van der Waals surface area contributed by atoms with Gasteiger partial charge < -0.3 is 14.0 Å². The van der Waals surface area contributed by atoms with E-state index in [2.05, 4.69) is 17.1 Å². The van der Waals surface area contributed by atoms with E-state index in [1.54, 1.807) is 11.8 Å². The Balaban J connectivity index is 1.73. The topological polar surface area (TPSA) is 49.2 Å². The molecule has 6 heteroatoms. The van der Waals surface area contributed by atoms with Crippen LogP contribution in [0.1, 0.15) is 31.7 Å². The highest BCUT2D eigenvalue weighted by Gasteiger charge is 2.27. The lowest BCUT2D eigenvalue weighted by atomic mass is 10.2. The molecule has 1 aliphatic heterocycles. The van der Waals surface area contributed by atoms with E-state index in [4.69, 9.17) is 9.47 Å². The first-order valence-corrected chi connectivity index (χ1v) is 8.18. The van der Waals surface area contributed by atoms with Crippen LogP contribution < -0.4 is 9.47 Å². The van der Waals surface area contributed by atoms with Crippen molar-refractivity contribution in [2.45, 2.75) is 31.0 Å². The van der Waals surface area contributed by atoms with Crippen LogP contribution in [0.25, 0.3) is 0 Å². The van der Waals surface area contributed by atoms with Gasteiger partial charge in [0.2, 0.25) is 0 Å². The molecule has 0 saturated carbocycles. The summed E-state index contributed by atoms with van der Waals surface area (Å²) in [5, 5.41) is 9.47. The largest absolute Gasteiger partial charge is 0.485 e. The average molecular weight is 305 g/mol. The summed E-state index contributed by atoms with van der Waals surface area (Å²) in [6.45, 7) is 2.65. The van der Waals surface area contributed by atoms with Crippen molar-refractivity contribution in [3.63, 3.8) is 0 Å². The molecular weight excluding hydrogens is 286 g/mol. The van der Waals surface area contributed by atoms with E-state index >= 15 is 0 Å². The lowest BCUT2D eigenvalue weighted by Gasteiger charge is -2.25. The van der Waals surface area contributed by atoms with Gasteiger partial charge in [-0.25, -0.2) is 0 Å². The highest BCUT2D eigenvalue weighted by Crippen LogP contribution is 2.35. The summed E-state index contributed by atoms with van der Waals surface area (Å²) in [7, 11) is 1.98. The Morgan fingerprint density at radius 2 is 2.10 bits per heavy atom. The summed E-state index contributed by atoms with van der Waals surface area (Å²) in [6.07, 6.45) is 2.16. The van der Waals surface area contributed by atoms with E-state index < -0.39 is 0 Å². The normalized spacial score (nSPS) is 17.0. The zero-order valence-electron chi connectivity index (χ0n) is 12.3. The molecule has 0 aliphatic carbocycles. The SMILES string of the molecule is CCCCSc1nnc(C2COc3ccccc3O2)n1C. The van der Waals surface area contributed by atoms with Crippen molar-refractivity contribution in [3.8, 4) is 11.5 Å². The van der Waals surface area contributed by atoms with Crippen molar-refractivity contribution in [2.24, 2.45) is 7.05 Å². The fourth-order valence-corrected chi connectivity index (χ4v) is 3.19. The fraction of sp³-hybridized carbons (Fsp3) is 0.467. The number of rotatable bonds is 5. The number of aromatic nitrogens is 3. The third-order valence-electron chi connectivity index (χ3n) is 3.39. The predicted molar refractivity (Wildman–Crippen MR) is 81.9 cm³/mol. The van der Waals surface area contributed by atoms with E-state index in [0.29, 0.717) is 6.61 Å². The maximum absolute atomic E-state index is 5.98. The van der Waals surface area contributed by atoms with E-state index in [0.717, 1.165) is 28.2 Å². The molecule has 0 saturated heterocycles. The molecular formula is C15H19N3O2S. The van der Waals surface area contributed by atoms with Crippen LogP contribution in [0.4, 0.5) is 0 Å². The maximum Gasteiger partial charge on any atom is 0.192 e. The van der Waals surface area contributed by atoms with Crippen LogP contribution in [0.3, 0.4) is 0 Å². The molecule has 21 heavy (non-hydrogen) atoms. The molecule has 1 unspecified atom stereocenters. The van der Waals surface area contributed by atoms with E-state index in [9.17, 15) is 0 Å². The number of benzene rings is 1. The molecule has 0 radical (unpaired) electrons. The quantitative estimate of drug-likeness (QED) is 0.627. The molecule has 2 heterocycles. The van der Waals surface area contributed by atoms with Gasteiger partial charge in [0, 0.05) is 12.8 Å². The first kappa shape index (κ1) is 14.3. The van der Waals surface area contributed by atoms with E-state index in [1.165, 1.54) is 12.8 Å². The van der Waals surface area contributed by atoms with Crippen molar-refractivity contribution in [1.29, 1.82) is 0 Å². The Morgan fingerprint density at radius 3 is 2.90 bits per heavy atom. The molecule has 1 aromatic carbocycles. The average Bonchev–Trinajstić information content (AvgIpc) is 2.88. The van der Waals surface area contributed by atoms with Gasteiger partial charge in [-0.15, -0.1) is 10.2 Å². The second-order valence-corrected chi connectivity index (χ2v) is 6.03. The third-order valence-corrected chi connectivity index (χ3v) is 4.50. The smallest absolute Gasteiger partial charge is 0.192 e. The van der Waals surface area contributed by atoms with Gasteiger partial charge in [0.05, 0.1) is 0 Å².